The summed E-state index contributed by atoms with van der Waals surface area (Å²) in [5, 5.41) is 3.73. The second kappa shape index (κ2) is 12.7. The highest BCUT2D eigenvalue weighted by Gasteiger charge is 2.20. The summed E-state index contributed by atoms with van der Waals surface area (Å²) in [5.74, 6) is 1.03. The van der Waals surface area contributed by atoms with Crippen LogP contribution in [0.5, 0.6) is 0 Å². The van der Waals surface area contributed by atoms with Crippen LogP contribution in [0.3, 0.4) is 0 Å². The van der Waals surface area contributed by atoms with Crippen molar-refractivity contribution in [2.24, 2.45) is 5.92 Å². The average molecular weight is 282 g/mol. The largest absolute Gasteiger partial charge is 0.314 e. The van der Waals surface area contributed by atoms with E-state index in [2.05, 4.69) is 19.2 Å². The summed E-state index contributed by atoms with van der Waals surface area (Å²) in [7, 11) is 0. The van der Waals surface area contributed by atoms with Crippen molar-refractivity contribution in [2.45, 2.75) is 110 Å². The van der Waals surface area contributed by atoms with Gasteiger partial charge in [-0.25, -0.2) is 0 Å². The molecule has 120 valence electrons. The summed E-state index contributed by atoms with van der Waals surface area (Å²) in [4.78, 5) is 0. The number of nitrogens with one attached hydrogen (secondary N) is 1. The molecule has 2 atom stereocenters. The number of hydrogen-bond donors (Lipinski definition) is 1. The molecule has 1 aliphatic carbocycles. The Balaban J connectivity index is 1.93. The summed E-state index contributed by atoms with van der Waals surface area (Å²) in [5.41, 5.74) is 0. The number of unbranched alkanes of at least 4 members (excludes halogenated alkanes) is 7. The van der Waals surface area contributed by atoms with Crippen LogP contribution < -0.4 is 5.32 Å². The van der Waals surface area contributed by atoms with E-state index in [-0.39, 0.29) is 0 Å². The van der Waals surface area contributed by atoms with Crippen molar-refractivity contribution in [3.8, 4) is 0 Å². The second-order valence-electron chi connectivity index (χ2n) is 6.95. The molecule has 0 heterocycles. The molecule has 0 bridgehead atoms. The van der Waals surface area contributed by atoms with Crippen molar-refractivity contribution in [2.75, 3.05) is 6.54 Å². The maximum absolute atomic E-state index is 3.73. The quantitative estimate of drug-likeness (QED) is 0.428. The molecule has 2 unspecified atom stereocenters. The number of hydrogen-bond acceptors (Lipinski definition) is 1. The van der Waals surface area contributed by atoms with E-state index in [0.717, 1.165) is 12.0 Å². The van der Waals surface area contributed by atoms with Gasteiger partial charge in [-0.3, -0.25) is 0 Å². The van der Waals surface area contributed by atoms with E-state index >= 15 is 0 Å². The van der Waals surface area contributed by atoms with Crippen LogP contribution in [0.15, 0.2) is 0 Å². The Morgan fingerprint density at radius 1 is 0.800 bits per heavy atom. The molecule has 0 aromatic carbocycles. The van der Waals surface area contributed by atoms with Gasteiger partial charge in [-0.2, -0.15) is 0 Å². The Kier molecular flexibility index (Phi) is 11.4. The van der Waals surface area contributed by atoms with Crippen LogP contribution in [0.1, 0.15) is 104 Å². The first-order valence-corrected chi connectivity index (χ1v) is 9.60. The summed E-state index contributed by atoms with van der Waals surface area (Å²) < 4.78 is 0. The molecule has 1 aliphatic rings. The van der Waals surface area contributed by atoms with E-state index in [1.807, 2.05) is 0 Å². The van der Waals surface area contributed by atoms with E-state index < -0.39 is 0 Å². The van der Waals surface area contributed by atoms with Gasteiger partial charge in [0, 0.05) is 6.04 Å². The minimum atomic E-state index is 0.836. The van der Waals surface area contributed by atoms with Crippen molar-refractivity contribution >= 4 is 0 Å². The first-order valence-electron chi connectivity index (χ1n) is 9.60. The summed E-state index contributed by atoms with van der Waals surface area (Å²) >= 11 is 0. The zero-order chi connectivity index (χ0) is 14.5. The lowest BCUT2D eigenvalue weighted by molar-refractivity contribution is 0.267. The maximum Gasteiger partial charge on any atom is 0.00697 e. The minimum Gasteiger partial charge on any atom is -0.314 e. The smallest absolute Gasteiger partial charge is 0.00697 e. The monoisotopic (exact) mass is 281 g/mol. The van der Waals surface area contributed by atoms with Gasteiger partial charge in [-0.15, -0.1) is 0 Å². The van der Waals surface area contributed by atoms with Gasteiger partial charge in [0.05, 0.1) is 0 Å². The summed E-state index contributed by atoms with van der Waals surface area (Å²) in [6.45, 7) is 5.79. The van der Waals surface area contributed by atoms with Crippen LogP contribution >= 0.6 is 0 Å². The average Bonchev–Trinajstić information content (AvgIpc) is 2.48. The predicted molar refractivity (Wildman–Crippen MR) is 91.3 cm³/mol. The van der Waals surface area contributed by atoms with Gasteiger partial charge >= 0.3 is 0 Å². The molecular formula is C19H39N. The van der Waals surface area contributed by atoms with Crippen LogP contribution in [0.4, 0.5) is 0 Å². The SMILES string of the molecule is CCCCCCCCCCC1CCCC(NCCC)C1. The fraction of sp³-hybridized carbons (Fsp3) is 1.00. The summed E-state index contributed by atoms with van der Waals surface area (Å²) in [6, 6.07) is 0.836. The van der Waals surface area contributed by atoms with Crippen molar-refractivity contribution < 1.29 is 0 Å². The van der Waals surface area contributed by atoms with Crippen molar-refractivity contribution in [3.05, 3.63) is 0 Å². The fourth-order valence-corrected chi connectivity index (χ4v) is 3.65. The lowest BCUT2D eigenvalue weighted by Gasteiger charge is -2.30. The predicted octanol–water partition coefficient (Wildman–Crippen LogP) is 6.08. The zero-order valence-corrected chi connectivity index (χ0v) is 14.3. The Hall–Kier alpha value is -0.0400. The van der Waals surface area contributed by atoms with E-state index in [9.17, 15) is 0 Å². The normalized spacial score (nSPS) is 23.1. The van der Waals surface area contributed by atoms with E-state index in [1.54, 1.807) is 0 Å². The minimum absolute atomic E-state index is 0.836. The molecular weight excluding hydrogens is 242 g/mol. The lowest BCUT2D eigenvalue weighted by atomic mass is 9.82. The fourth-order valence-electron chi connectivity index (χ4n) is 3.65. The van der Waals surface area contributed by atoms with Crippen molar-refractivity contribution in [3.63, 3.8) is 0 Å². The highest BCUT2D eigenvalue weighted by Crippen LogP contribution is 2.28. The third-order valence-electron chi connectivity index (χ3n) is 4.93. The van der Waals surface area contributed by atoms with Gasteiger partial charge in [0.15, 0.2) is 0 Å². The zero-order valence-electron chi connectivity index (χ0n) is 14.3. The molecule has 1 rings (SSSR count). The van der Waals surface area contributed by atoms with Gasteiger partial charge in [0.1, 0.15) is 0 Å². The van der Waals surface area contributed by atoms with Crippen LogP contribution in [-0.2, 0) is 0 Å². The highest BCUT2D eigenvalue weighted by molar-refractivity contribution is 4.77. The Morgan fingerprint density at radius 2 is 1.50 bits per heavy atom. The molecule has 0 radical (unpaired) electrons. The molecule has 1 nitrogen and oxygen atoms in total. The lowest BCUT2D eigenvalue weighted by Crippen LogP contribution is -2.34. The molecule has 0 saturated heterocycles. The van der Waals surface area contributed by atoms with E-state index in [0.29, 0.717) is 0 Å². The third kappa shape index (κ3) is 9.00. The number of rotatable bonds is 12. The molecule has 0 aromatic rings. The third-order valence-corrected chi connectivity index (χ3v) is 4.93. The molecule has 0 aromatic heterocycles. The molecule has 1 heteroatoms. The van der Waals surface area contributed by atoms with Crippen LogP contribution in [-0.4, -0.2) is 12.6 Å². The van der Waals surface area contributed by atoms with Gasteiger partial charge in [-0.05, 0) is 31.7 Å². The molecule has 20 heavy (non-hydrogen) atoms. The Bertz CT molecular complexity index is 202. The van der Waals surface area contributed by atoms with Crippen molar-refractivity contribution in [1.29, 1.82) is 0 Å². The molecule has 1 saturated carbocycles. The standard InChI is InChI=1S/C19H39N/c1-3-5-6-7-8-9-10-11-13-18-14-12-15-19(17-18)20-16-4-2/h18-20H,3-17H2,1-2H3. The van der Waals surface area contributed by atoms with E-state index in [4.69, 9.17) is 0 Å². The van der Waals surface area contributed by atoms with Crippen LogP contribution in [0.25, 0.3) is 0 Å². The molecule has 0 spiro atoms. The second-order valence-corrected chi connectivity index (χ2v) is 6.95. The Morgan fingerprint density at radius 3 is 2.20 bits per heavy atom. The van der Waals surface area contributed by atoms with Gasteiger partial charge < -0.3 is 5.32 Å². The topological polar surface area (TPSA) is 12.0 Å². The molecule has 0 aliphatic heterocycles. The van der Waals surface area contributed by atoms with Gasteiger partial charge in [0.25, 0.3) is 0 Å². The summed E-state index contributed by atoms with van der Waals surface area (Å²) in [6.07, 6.45) is 20.3. The van der Waals surface area contributed by atoms with Gasteiger partial charge in [0.2, 0.25) is 0 Å². The van der Waals surface area contributed by atoms with E-state index in [1.165, 1.54) is 96.4 Å². The van der Waals surface area contributed by atoms with Gasteiger partial charge in [-0.1, -0.05) is 84.5 Å². The molecule has 1 N–H and O–H groups in total. The molecule has 1 fully saturated rings. The first kappa shape index (κ1) is 18.0. The highest BCUT2D eigenvalue weighted by atomic mass is 14.9. The van der Waals surface area contributed by atoms with Crippen LogP contribution in [0.2, 0.25) is 0 Å². The Labute approximate surface area is 128 Å². The first-order chi connectivity index (χ1) is 9.86. The van der Waals surface area contributed by atoms with Crippen LogP contribution in [0, 0.1) is 5.92 Å². The maximum atomic E-state index is 3.73. The molecule has 0 amide bonds. The van der Waals surface area contributed by atoms with Crippen molar-refractivity contribution in [1.82, 2.24) is 5.32 Å².